The van der Waals surface area contributed by atoms with Crippen molar-refractivity contribution < 1.29 is 4.79 Å². The maximum absolute atomic E-state index is 11.4. The maximum Gasteiger partial charge on any atom is 0.221 e. The van der Waals surface area contributed by atoms with Gasteiger partial charge in [0.1, 0.15) is 12.7 Å². The van der Waals surface area contributed by atoms with E-state index in [1.165, 1.54) is 6.33 Å². The molecule has 2 rings (SSSR count). The first kappa shape index (κ1) is 19.4. The number of nitrogens with zero attached hydrogens (tertiary/aromatic N) is 3. The third kappa shape index (κ3) is 6.12. The van der Waals surface area contributed by atoms with Crippen molar-refractivity contribution in [3.05, 3.63) is 48.0 Å². The Morgan fingerprint density at radius 3 is 2.57 bits per heavy atom. The van der Waals surface area contributed by atoms with Gasteiger partial charge in [0, 0.05) is 19.5 Å². The number of amides is 1. The number of nitrogens with two attached hydrogens (primary N) is 1. The van der Waals surface area contributed by atoms with Crippen molar-refractivity contribution in [2.24, 2.45) is 5.73 Å². The highest BCUT2D eigenvalue weighted by Gasteiger charge is 2.05. The van der Waals surface area contributed by atoms with E-state index in [-0.39, 0.29) is 30.7 Å². The average Bonchev–Trinajstić information content (AvgIpc) is 2.91. The van der Waals surface area contributed by atoms with Gasteiger partial charge in [0.15, 0.2) is 0 Å². The molecule has 0 fully saturated rings. The molecule has 0 aliphatic rings. The second kappa shape index (κ2) is 10.1. The van der Waals surface area contributed by atoms with Crippen molar-refractivity contribution in [1.29, 1.82) is 0 Å². The fourth-order valence-corrected chi connectivity index (χ4v) is 1.79. The standard InChI is InChI=1S/C13H17N5O.2ClH/c14-6-5-13(19)16-7-11-3-1-2-4-12(11)8-18-10-15-9-17-18;;/h1-4,9-10H,5-8,14H2,(H,16,19);2*1H. The number of aromatic nitrogens is 3. The van der Waals surface area contributed by atoms with Gasteiger partial charge in [-0.25, -0.2) is 9.67 Å². The van der Waals surface area contributed by atoms with E-state index in [4.69, 9.17) is 5.73 Å². The third-order valence-corrected chi connectivity index (χ3v) is 2.76. The summed E-state index contributed by atoms with van der Waals surface area (Å²) >= 11 is 0. The van der Waals surface area contributed by atoms with Gasteiger partial charge in [-0.05, 0) is 11.1 Å². The van der Waals surface area contributed by atoms with E-state index in [9.17, 15) is 4.79 Å². The van der Waals surface area contributed by atoms with Gasteiger partial charge in [-0.2, -0.15) is 5.10 Å². The number of carbonyl (C=O) groups is 1. The van der Waals surface area contributed by atoms with E-state index in [0.717, 1.165) is 11.1 Å². The van der Waals surface area contributed by atoms with Gasteiger partial charge in [-0.1, -0.05) is 24.3 Å². The Hall–Kier alpha value is -1.63. The highest BCUT2D eigenvalue weighted by Crippen LogP contribution is 2.09. The largest absolute Gasteiger partial charge is 0.352 e. The van der Waals surface area contributed by atoms with Crippen molar-refractivity contribution in [2.75, 3.05) is 6.54 Å². The molecular formula is C13H19Cl2N5O. The van der Waals surface area contributed by atoms with Crippen LogP contribution < -0.4 is 11.1 Å². The Morgan fingerprint density at radius 2 is 1.95 bits per heavy atom. The van der Waals surface area contributed by atoms with E-state index in [2.05, 4.69) is 15.4 Å². The lowest BCUT2D eigenvalue weighted by Crippen LogP contribution is -2.25. The van der Waals surface area contributed by atoms with Crippen LogP contribution in [0.5, 0.6) is 0 Å². The molecule has 1 aromatic heterocycles. The number of halogens is 2. The van der Waals surface area contributed by atoms with Crippen LogP contribution in [0.4, 0.5) is 0 Å². The van der Waals surface area contributed by atoms with Gasteiger partial charge in [0.05, 0.1) is 6.54 Å². The number of hydrogen-bond donors (Lipinski definition) is 2. The topological polar surface area (TPSA) is 85.8 Å². The first-order valence-electron chi connectivity index (χ1n) is 6.15. The minimum Gasteiger partial charge on any atom is -0.352 e. The van der Waals surface area contributed by atoms with Crippen LogP contribution in [-0.4, -0.2) is 27.2 Å². The SMILES string of the molecule is Cl.Cl.NCCC(=O)NCc1ccccc1Cn1cncn1. The van der Waals surface area contributed by atoms with Crippen molar-refractivity contribution in [3.63, 3.8) is 0 Å². The van der Waals surface area contributed by atoms with Gasteiger partial charge in [-0.3, -0.25) is 4.79 Å². The van der Waals surface area contributed by atoms with Crippen LogP contribution in [0, 0.1) is 0 Å². The fraction of sp³-hybridized carbons (Fsp3) is 0.308. The number of benzene rings is 1. The van der Waals surface area contributed by atoms with Gasteiger partial charge in [-0.15, -0.1) is 24.8 Å². The summed E-state index contributed by atoms with van der Waals surface area (Å²) in [5, 5.41) is 6.93. The zero-order valence-electron chi connectivity index (χ0n) is 11.4. The summed E-state index contributed by atoms with van der Waals surface area (Å²) < 4.78 is 1.75. The van der Waals surface area contributed by atoms with E-state index in [1.807, 2.05) is 24.3 Å². The molecule has 1 aromatic carbocycles. The van der Waals surface area contributed by atoms with E-state index in [0.29, 0.717) is 26.1 Å². The molecule has 116 valence electrons. The number of carbonyl (C=O) groups excluding carboxylic acids is 1. The Balaban J connectivity index is 0.00000200. The molecular weight excluding hydrogens is 313 g/mol. The number of rotatable bonds is 6. The van der Waals surface area contributed by atoms with Crippen LogP contribution >= 0.6 is 24.8 Å². The van der Waals surface area contributed by atoms with Crippen molar-refractivity contribution in [3.8, 4) is 0 Å². The molecule has 1 heterocycles. The molecule has 21 heavy (non-hydrogen) atoms. The summed E-state index contributed by atoms with van der Waals surface area (Å²) in [6.07, 6.45) is 3.53. The Morgan fingerprint density at radius 1 is 1.24 bits per heavy atom. The van der Waals surface area contributed by atoms with Gasteiger partial charge < -0.3 is 11.1 Å². The highest BCUT2D eigenvalue weighted by atomic mass is 35.5. The first-order chi connectivity index (χ1) is 9.29. The molecule has 0 spiro atoms. The smallest absolute Gasteiger partial charge is 0.221 e. The summed E-state index contributed by atoms with van der Waals surface area (Å²) in [6, 6.07) is 7.94. The van der Waals surface area contributed by atoms with E-state index in [1.54, 1.807) is 11.0 Å². The quantitative estimate of drug-likeness (QED) is 0.830. The minimum atomic E-state index is -0.0296. The normalized spacial score (nSPS) is 9.38. The summed E-state index contributed by atoms with van der Waals surface area (Å²) in [7, 11) is 0. The second-order valence-electron chi connectivity index (χ2n) is 4.18. The molecule has 6 nitrogen and oxygen atoms in total. The van der Waals surface area contributed by atoms with Crippen LogP contribution in [0.2, 0.25) is 0 Å². The Labute approximate surface area is 135 Å². The molecule has 0 aliphatic carbocycles. The van der Waals surface area contributed by atoms with Crippen LogP contribution in [0.3, 0.4) is 0 Å². The Kier molecular flexibility index (Phi) is 9.36. The third-order valence-electron chi connectivity index (χ3n) is 2.76. The fourth-order valence-electron chi connectivity index (χ4n) is 1.79. The van der Waals surface area contributed by atoms with Crippen molar-refractivity contribution >= 4 is 30.7 Å². The summed E-state index contributed by atoms with van der Waals surface area (Å²) in [4.78, 5) is 15.3. The lowest BCUT2D eigenvalue weighted by atomic mass is 10.1. The molecule has 8 heteroatoms. The average molecular weight is 332 g/mol. The van der Waals surface area contributed by atoms with Gasteiger partial charge >= 0.3 is 0 Å². The molecule has 2 aromatic rings. The molecule has 0 aliphatic heterocycles. The zero-order valence-corrected chi connectivity index (χ0v) is 13.1. The molecule has 3 N–H and O–H groups in total. The maximum atomic E-state index is 11.4. The van der Waals surface area contributed by atoms with Gasteiger partial charge in [0.25, 0.3) is 0 Å². The van der Waals surface area contributed by atoms with Gasteiger partial charge in [0.2, 0.25) is 5.91 Å². The number of nitrogens with one attached hydrogen (secondary N) is 1. The van der Waals surface area contributed by atoms with Crippen LogP contribution in [-0.2, 0) is 17.9 Å². The van der Waals surface area contributed by atoms with Crippen LogP contribution in [0.25, 0.3) is 0 Å². The van der Waals surface area contributed by atoms with Crippen LogP contribution in [0.1, 0.15) is 17.5 Å². The number of hydrogen-bond acceptors (Lipinski definition) is 4. The first-order valence-corrected chi connectivity index (χ1v) is 6.15. The second-order valence-corrected chi connectivity index (χ2v) is 4.18. The molecule has 1 amide bonds. The van der Waals surface area contributed by atoms with E-state index < -0.39 is 0 Å². The molecule has 0 atom stereocenters. The zero-order chi connectivity index (χ0) is 13.5. The predicted octanol–water partition coefficient (Wildman–Crippen LogP) is 1.13. The lowest BCUT2D eigenvalue weighted by molar-refractivity contribution is -0.121. The molecule has 0 saturated carbocycles. The molecule has 0 radical (unpaired) electrons. The molecule has 0 unspecified atom stereocenters. The van der Waals surface area contributed by atoms with Crippen LogP contribution in [0.15, 0.2) is 36.9 Å². The predicted molar refractivity (Wildman–Crippen MR) is 85.6 cm³/mol. The highest BCUT2D eigenvalue weighted by molar-refractivity contribution is 5.85. The summed E-state index contributed by atoms with van der Waals surface area (Å²) in [6.45, 7) is 1.51. The van der Waals surface area contributed by atoms with Crippen molar-refractivity contribution in [2.45, 2.75) is 19.5 Å². The molecule has 0 bridgehead atoms. The summed E-state index contributed by atoms with van der Waals surface area (Å²) in [5.41, 5.74) is 7.52. The monoisotopic (exact) mass is 331 g/mol. The minimum absolute atomic E-state index is 0. The van der Waals surface area contributed by atoms with Crippen molar-refractivity contribution in [1.82, 2.24) is 20.1 Å². The summed E-state index contributed by atoms with van der Waals surface area (Å²) in [5.74, 6) is -0.0296. The molecule has 0 saturated heterocycles. The Bertz CT molecular complexity index is 533. The van der Waals surface area contributed by atoms with E-state index >= 15 is 0 Å². The lowest BCUT2D eigenvalue weighted by Gasteiger charge is -2.10.